The Morgan fingerprint density at radius 3 is 2.68 bits per heavy atom. The number of hydrogen-bond acceptors (Lipinski definition) is 4. The lowest BCUT2D eigenvalue weighted by atomic mass is 10.2. The predicted molar refractivity (Wildman–Crippen MR) is 77.6 cm³/mol. The lowest BCUT2D eigenvalue weighted by Gasteiger charge is -2.26. The molecule has 1 unspecified atom stereocenters. The molecular weight excluding hydrogens is 284 g/mol. The van der Waals surface area contributed by atoms with E-state index in [2.05, 4.69) is 9.97 Å². The van der Waals surface area contributed by atoms with E-state index in [9.17, 15) is 14.7 Å². The lowest BCUT2D eigenvalue weighted by Crippen LogP contribution is -2.44. The van der Waals surface area contributed by atoms with Crippen molar-refractivity contribution >= 4 is 11.9 Å². The summed E-state index contributed by atoms with van der Waals surface area (Å²) in [5.74, 6) is -0.636. The van der Waals surface area contributed by atoms with E-state index in [1.165, 1.54) is 18.0 Å². The van der Waals surface area contributed by atoms with Crippen molar-refractivity contribution in [1.29, 1.82) is 0 Å². The summed E-state index contributed by atoms with van der Waals surface area (Å²) in [4.78, 5) is 33.4. The molecule has 1 saturated carbocycles. The summed E-state index contributed by atoms with van der Waals surface area (Å²) < 4.78 is 1.73. The summed E-state index contributed by atoms with van der Waals surface area (Å²) in [5, 5.41) is 9.17. The average Bonchev–Trinajstić information content (AvgIpc) is 3.19. The maximum absolute atomic E-state index is 12.6. The number of amides is 1. The average molecular weight is 300 g/mol. The number of carboxylic acid groups (broad SMARTS) is 1. The van der Waals surface area contributed by atoms with Crippen molar-refractivity contribution in [1.82, 2.24) is 19.4 Å². The zero-order valence-electron chi connectivity index (χ0n) is 12.1. The van der Waals surface area contributed by atoms with Gasteiger partial charge in [-0.15, -0.1) is 0 Å². The van der Waals surface area contributed by atoms with Gasteiger partial charge in [0.05, 0.1) is 5.56 Å². The van der Waals surface area contributed by atoms with Crippen LogP contribution in [0.25, 0.3) is 5.82 Å². The van der Waals surface area contributed by atoms with Crippen LogP contribution >= 0.6 is 0 Å². The van der Waals surface area contributed by atoms with Crippen LogP contribution in [0.1, 0.15) is 30.1 Å². The van der Waals surface area contributed by atoms with Crippen LogP contribution in [0.4, 0.5) is 0 Å². The fraction of sp³-hybridized carbons (Fsp3) is 0.333. The van der Waals surface area contributed by atoms with Gasteiger partial charge in [0.2, 0.25) is 0 Å². The van der Waals surface area contributed by atoms with Gasteiger partial charge in [-0.05, 0) is 31.9 Å². The zero-order chi connectivity index (χ0) is 15.7. The summed E-state index contributed by atoms with van der Waals surface area (Å²) in [7, 11) is 0. The molecule has 1 N–H and O–H groups in total. The molecule has 1 amide bonds. The number of hydrogen-bond donors (Lipinski definition) is 1. The van der Waals surface area contributed by atoms with Gasteiger partial charge in [0.1, 0.15) is 18.2 Å². The topological polar surface area (TPSA) is 88.3 Å². The Bertz CT molecular complexity index is 677. The smallest absolute Gasteiger partial charge is 0.326 e. The van der Waals surface area contributed by atoms with E-state index in [1.807, 2.05) is 0 Å². The highest BCUT2D eigenvalue weighted by atomic mass is 16.4. The highest BCUT2D eigenvalue weighted by molar-refractivity contribution is 5.96. The van der Waals surface area contributed by atoms with Crippen LogP contribution in [-0.2, 0) is 4.79 Å². The minimum Gasteiger partial charge on any atom is -0.480 e. The summed E-state index contributed by atoms with van der Waals surface area (Å²) in [6.07, 6.45) is 8.19. The minimum absolute atomic E-state index is 0.0203. The summed E-state index contributed by atoms with van der Waals surface area (Å²) in [6, 6.07) is 2.56. The lowest BCUT2D eigenvalue weighted by molar-refractivity contribution is -0.141. The third kappa shape index (κ3) is 2.69. The molecule has 0 radical (unpaired) electrons. The number of rotatable bonds is 5. The van der Waals surface area contributed by atoms with Gasteiger partial charge in [-0.25, -0.2) is 14.8 Å². The van der Waals surface area contributed by atoms with Gasteiger partial charge in [0, 0.05) is 24.6 Å². The number of aromatic nitrogens is 3. The Morgan fingerprint density at radius 1 is 1.41 bits per heavy atom. The van der Waals surface area contributed by atoms with Crippen molar-refractivity contribution in [3.63, 3.8) is 0 Å². The number of aliphatic carboxylic acids is 1. The SMILES string of the molecule is CC(C(=O)O)N(C(=O)c1ccc(-n2ccnc2)nc1)C1CC1. The Balaban J connectivity index is 1.83. The molecule has 3 rings (SSSR count). The summed E-state index contributed by atoms with van der Waals surface area (Å²) >= 11 is 0. The second kappa shape index (κ2) is 5.59. The number of pyridine rings is 1. The van der Waals surface area contributed by atoms with Crippen LogP contribution in [-0.4, -0.2) is 48.5 Å². The Hall–Kier alpha value is -2.70. The summed E-state index contributed by atoms with van der Waals surface area (Å²) in [5.41, 5.74) is 0.392. The van der Waals surface area contributed by atoms with Gasteiger partial charge in [0.15, 0.2) is 0 Å². The molecule has 7 heteroatoms. The van der Waals surface area contributed by atoms with E-state index in [0.29, 0.717) is 11.4 Å². The van der Waals surface area contributed by atoms with E-state index < -0.39 is 12.0 Å². The van der Waals surface area contributed by atoms with Gasteiger partial charge in [0.25, 0.3) is 5.91 Å². The number of carbonyl (C=O) groups excluding carboxylic acids is 1. The molecule has 0 aromatic carbocycles. The van der Waals surface area contributed by atoms with Gasteiger partial charge >= 0.3 is 5.97 Å². The fourth-order valence-electron chi connectivity index (χ4n) is 2.34. The zero-order valence-corrected chi connectivity index (χ0v) is 12.1. The van der Waals surface area contributed by atoms with Gasteiger partial charge in [-0.1, -0.05) is 0 Å². The Labute approximate surface area is 127 Å². The van der Waals surface area contributed by atoms with Crippen LogP contribution in [0.2, 0.25) is 0 Å². The third-order valence-electron chi connectivity index (χ3n) is 3.71. The van der Waals surface area contributed by atoms with E-state index in [0.717, 1.165) is 12.8 Å². The first-order valence-corrected chi connectivity index (χ1v) is 7.08. The van der Waals surface area contributed by atoms with Crippen molar-refractivity contribution in [2.45, 2.75) is 31.8 Å². The largest absolute Gasteiger partial charge is 0.480 e. The molecule has 1 atom stereocenters. The van der Waals surface area contributed by atoms with Gasteiger partial charge < -0.3 is 10.0 Å². The molecule has 0 saturated heterocycles. The second-order valence-electron chi connectivity index (χ2n) is 5.33. The predicted octanol–water partition coefficient (Wildman–Crippen LogP) is 1.35. The van der Waals surface area contributed by atoms with Crippen molar-refractivity contribution in [2.24, 2.45) is 0 Å². The molecule has 114 valence electrons. The van der Waals surface area contributed by atoms with Crippen LogP contribution < -0.4 is 0 Å². The Morgan fingerprint density at radius 2 is 2.18 bits per heavy atom. The van der Waals surface area contributed by atoms with Gasteiger partial charge in [-0.2, -0.15) is 0 Å². The fourth-order valence-corrected chi connectivity index (χ4v) is 2.34. The molecule has 0 spiro atoms. The van der Waals surface area contributed by atoms with Crippen LogP contribution in [0, 0.1) is 0 Å². The molecule has 22 heavy (non-hydrogen) atoms. The van der Waals surface area contributed by atoms with E-state index >= 15 is 0 Å². The molecule has 2 heterocycles. The first-order chi connectivity index (χ1) is 10.6. The van der Waals surface area contributed by atoms with E-state index in [-0.39, 0.29) is 11.9 Å². The maximum atomic E-state index is 12.6. The molecule has 1 fully saturated rings. The van der Waals surface area contributed by atoms with Crippen LogP contribution in [0.5, 0.6) is 0 Å². The van der Waals surface area contributed by atoms with Gasteiger partial charge in [-0.3, -0.25) is 9.36 Å². The molecule has 2 aromatic rings. The highest BCUT2D eigenvalue weighted by Gasteiger charge is 2.38. The number of nitrogens with zero attached hydrogens (tertiary/aromatic N) is 4. The summed E-state index contributed by atoms with van der Waals surface area (Å²) in [6.45, 7) is 1.53. The van der Waals surface area contributed by atoms with Crippen molar-refractivity contribution < 1.29 is 14.7 Å². The highest BCUT2D eigenvalue weighted by Crippen LogP contribution is 2.30. The van der Waals surface area contributed by atoms with Crippen LogP contribution in [0.3, 0.4) is 0 Å². The first-order valence-electron chi connectivity index (χ1n) is 7.08. The molecular formula is C15H16N4O3. The monoisotopic (exact) mass is 300 g/mol. The quantitative estimate of drug-likeness (QED) is 0.900. The minimum atomic E-state index is -0.997. The van der Waals surface area contributed by atoms with E-state index in [1.54, 1.807) is 35.4 Å². The molecule has 0 aliphatic heterocycles. The second-order valence-corrected chi connectivity index (χ2v) is 5.33. The molecule has 7 nitrogen and oxygen atoms in total. The first kappa shape index (κ1) is 14.2. The molecule has 2 aromatic heterocycles. The van der Waals surface area contributed by atoms with Crippen LogP contribution in [0.15, 0.2) is 37.1 Å². The van der Waals surface area contributed by atoms with E-state index in [4.69, 9.17) is 0 Å². The number of imidazole rings is 1. The number of carboxylic acids is 1. The third-order valence-corrected chi connectivity index (χ3v) is 3.71. The maximum Gasteiger partial charge on any atom is 0.326 e. The molecule has 1 aliphatic carbocycles. The van der Waals surface area contributed by atoms with Crippen molar-refractivity contribution in [3.05, 3.63) is 42.6 Å². The van der Waals surface area contributed by atoms with Crippen molar-refractivity contribution in [3.8, 4) is 5.82 Å². The number of carbonyl (C=O) groups is 2. The molecule has 0 bridgehead atoms. The normalized spacial score (nSPS) is 15.3. The molecule has 1 aliphatic rings. The van der Waals surface area contributed by atoms with Crippen molar-refractivity contribution in [2.75, 3.05) is 0 Å². The Kier molecular flexibility index (Phi) is 3.62. The standard InChI is InChI=1S/C15H16N4O3/c1-10(15(21)22)19(12-3-4-12)14(20)11-2-5-13(17-8-11)18-7-6-16-9-18/h2,5-10,12H,3-4H2,1H3,(H,21,22).